The highest BCUT2D eigenvalue weighted by atomic mass is 19.3. The number of amides is 1. The molecule has 4 aromatic rings. The Morgan fingerprint density at radius 3 is 2.43 bits per heavy atom. The van der Waals surface area contributed by atoms with Crippen molar-refractivity contribution in [2.24, 2.45) is 13.0 Å². The molecule has 4 rings (SSSR count). The SMILES string of the molecule is Cc1cc2c(cnn2-c2ccc(=O)n(C)c2)cc1O[C@H](c1ccccc1)[C@@H](NC(=O)C(C)(F)F)C(C)C. The van der Waals surface area contributed by atoms with Gasteiger partial charge in [-0.05, 0) is 42.2 Å². The molecule has 2 heterocycles. The molecular formula is C28H30F2N4O3. The van der Waals surface area contributed by atoms with Crippen molar-refractivity contribution >= 4 is 16.8 Å². The number of nitrogens with one attached hydrogen (secondary N) is 1. The molecule has 0 aliphatic heterocycles. The van der Waals surface area contributed by atoms with E-state index in [4.69, 9.17) is 4.74 Å². The summed E-state index contributed by atoms with van der Waals surface area (Å²) in [6.45, 7) is 6.17. The van der Waals surface area contributed by atoms with Crippen LogP contribution in [-0.2, 0) is 11.8 Å². The fourth-order valence-electron chi connectivity index (χ4n) is 4.19. The van der Waals surface area contributed by atoms with Gasteiger partial charge in [-0.1, -0.05) is 44.2 Å². The quantitative estimate of drug-likeness (QED) is 0.365. The van der Waals surface area contributed by atoms with Crippen LogP contribution in [0.4, 0.5) is 8.78 Å². The van der Waals surface area contributed by atoms with E-state index in [1.807, 2.05) is 63.2 Å². The summed E-state index contributed by atoms with van der Waals surface area (Å²) in [5, 5.41) is 7.80. The monoisotopic (exact) mass is 508 g/mol. The van der Waals surface area contributed by atoms with Crippen molar-refractivity contribution in [3.05, 3.63) is 88.5 Å². The van der Waals surface area contributed by atoms with Crippen molar-refractivity contribution in [2.75, 3.05) is 0 Å². The fraction of sp³-hybridized carbons (Fsp3) is 0.321. The molecule has 0 saturated heterocycles. The predicted octanol–water partition coefficient (Wildman–Crippen LogP) is 4.95. The van der Waals surface area contributed by atoms with E-state index in [1.54, 1.807) is 30.2 Å². The summed E-state index contributed by atoms with van der Waals surface area (Å²) in [4.78, 5) is 24.0. The van der Waals surface area contributed by atoms with Crippen molar-refractivity contribution in [1.29, 1.82) is 0 Å². The van der Waals surface area contributed by atoms with Gasteiger partial charge in [0.25, 0.3) is 5.91 Å². The second-order valence-electron chi connectivity index (χ2n) is 9.65. The molecule has 0 aliphatic rings. The van der Waals surface area contributed by atoms with Crippen LogP contribution in [0.15, 0.2) is 71.8 Å². The number of hydrogen-bond acceptors (Lipinski definition) is 4. The lowest BCUT2D eigenvalue weighted by Crippen LogP contribution is -2.49. The van der Waals surface area contributed by atoms with Crippen LogP contribution in [0.1, 0.15) is 38.0 Å². The number of benzene rings is 2. The van der Waals surface area contributed by atoms with E-state index in [2.05, 4.69) is 10.4 Å². The molecule has 0 fully saturated rings. The standard InChI is InChI=1S/C28H30F2N4O3/c1-17(2)25(32-27(36)28(4,29)30)26(19-9-7-6-8-10-19)37-23-14-20-15-31-34(22(20)13-18(23)3)21-11-12-24(35)33(5)16-21/h6-17,25-26H,1-5H3,(H,32,36)/t25-,26+/m0/s1. The molecule has 2 aromatic heterocycles. The number of aryl methyl sites for hydroxylation is 2. The Bertz CT molecular complexity index is 1470. The number of aromatic nitrogens is 3. The van der Waals surface area contributed by atoms with Gasteiger partial charge in [-0.25, -0.2) is 4.68 Å². The molecule has 0 saturated carbocycles. The summed E-state index contributed by atoms with van der Waals surface area (Å²) in [7, 11) is 1.68. The van der Waals surface area contributed by atoms with Crippen LogP contribution in [0.5, 0.6) is 5.75 Å². The number of halogens is 2. The number of carbonyl (C=O) groups is 1. The number of carbonyl (C=O) groups excluding carboxylic acids is 1. The summed E-state index contributed by atoms with van der Waals surface area (Å²) in [6, 6.07) is 15.5. The Labute approximate surface area is 213 Å². The van der Waals surface area contributed by atoms with E-state index in [-0.39, 0.29) is 11.5 Å². The van der Waals surface area contributed by atoms with Crippen molar-refractivity contribution < 1.29 is 18.3 Å². The molecule has 2 aromatic carbocycles. The molecule has 1 amide bonds. The van der Waals surface area contributed by atoms with Crippen molar-refractivity contribution in [2.45, 2.75) is 45.8 Å². The molecule has 2 atom stereocenters. The van der Waals surface area contributed by atoms with E-state index >= 15 is 0 Å². The van der Waals surface area contributed by atoms with Gasteiger partial charge in [0.15, 0.2) is 0 Å². The zero-order valence-electron chi connectivity index (χ0n) is 21.4. The summed E-state index contributed by atoms with van der Waals surface area (Å²) < 4.78 is 37.3. The van der Waals surface area contributed by atoms with Gasteiger partial charge in [0, 0.05) is 31.6 Å². The first-order valence-electron chi connectivity index (χ1n) is 12.0. The second kappa shape index (κ2) is 10.2. The zero-order chi connectivity index (χ0) is 26.9. The number of hydrogen-bond donors (Lipinski definition) is 1. The predicted molar refractivity (Wildman–Crippen MR) is 138 cm³/mol. The number of nitrogens with zero attached hydrogens (tertiary/aromatic N) is 3. The maximum absolute atomic E-state index is 13.8. The molecule has 0 spiro atoms. The lowest BCUT2D eigenvalue weighted by Gasteiger charge is -2.33. The normalized spacial score (nSPS) is 13.5. The first-order chi connectivity index (χ1) is 17.5. The van der Waals surface area contributed by atoms with Crippen molar-refractivity contribution in [3.8, 4) is 11.4 Å². The summed E-state index contributed by atoms with van der Waals surface area (Å²) in [5.74, 6) is -4.52. The smallest absolute Gasteiger partial charge is 0.321 e. The number of rotatable bonds is 8. The number of ether oxygens (including phenoxy) is 1. The third-order valence-electron chi connectivity index (χ3n) is 6.30. The fourth-order valence-corrected chi connectivity index (χ4v) is 4.19. The summed E-state index contributed by atoms with van der Waals surface area (Å²) >= 11 is 0. The highest BCUT2D eigenvalue weighted by Gasteiger charge is 2.38. The van der Waals surface area contributed by atoms with E-state index < -0.39 is 24.0 Å². The number of pyridine rings is 1. The molecule has 37 heavy (non-hydrogen) atoms. The van der Waals surface area contributed by atoms with Crippen molar-refractivity contribution in [1.82, 2.24) is 19.7 Å². The molecule has 0 unspecified atom stereocenters. The zero-order valence-corrected chi connectivity index (χ0v) is 21.4. The minimum atomic E-state index is -3.52. The van der Waals surface area contributed by atoms with Gasteiger partial charge in [0.1, 0.15) is 11.9 Å². The van der Waals surface area contributed by atoms with Crippen LogP contribution in [0.25, 0.3) is 16.6 Å². The summed E-state index contributed by atoms with van der Waals surface area (Å²) in [6.07, 6.45) is 2.69. The van der Waals surface area contributed by atoms with Gasteiger partial charge in [0.2, 0.25) is 5.56 Å². The molecule has 0 radical (unpaired) electrons. The Kier molecular flexibility index (Phi) is 7.16. The second-order valence-corrected chi connectivity index (χ2v) is 9.65. The van der Waals surface area contributed by atoms with Gasteiger partial charge in [0.05, 0.1) is 23.4 Å². The average molecular weight is 509 g/mol. The maximum Gasteiger partial charge on any atom is 0.321 e. The Morgan fingerprint density at radius 2 is 1.81 bits per heavy atom. The third-order valence-corrected chi connectivity index (χ3v) is 6.30. The minimum absolute atomic E-state index is 0.119. The Balaban J connectivity index is 1.74. The lowest BCUT2D eigenvalue weighted by molar-refractivity contribution is -0.145. The average Bonchev–Trinajstić information content (AvgIpc) is 3.25. The maximum atomic E-state index is 13.8. The molecule has 1 N–H and O–H groups in total. The van der Waals surface area contributed by atoms with E-state index in [1.165, 1.54) is 10.6 Å². The van der Waals surface area contributed by atoms with Gasteiger partial charge in [-0.15, -0.1) is 0 Å². The van der Waals surface area contributed by atoms with Gasteiger partial charge in [-0.3, -0.25) is 9.59 Å². The van der Waals surface area contributed by atoms with Crippen LogP contribution in [0.3, 0.4) is 0 Å². The van der Waals surface area contributed by atoms with E-state index in [0.29, 0.717) is 12.7 Å². The number of fused-ring (bicyclic) bond motifs is 1. The van der Waals surface area contributed by atoms with Crippen LogP contribution < -0.4 is 15.6 Å². The number of alkyl halides is 2. The lowest BCUT2D eigenvalue weighted by atomic mass is 9.92. The topological polar surface area (TPSA) is 78.2 Å². The molecule has 0 aliphatic carbocycles. The van der Waals surface area contributed by atoms with Gasteiger partial charge in [-0.2, -0.15) is 13.9 Å². The largest absolute Gasteiger partial charge is 0.483 e. The molecule has 9 heteroatoms. The summed E-state index contributed by atoms with van der Waals surface area (Å²) in [5.41, 5.74) is 2.98. The minimum Gasteiger partial charge on any atom is -0.483 e. The van der Waals surface area contributed by atoms with Gasteiger partial charge < -0.3 is 14.6 Å². The van der Waals surface area contributed by atoms with E-state index in [0.717, 1.165) is 27.7 Å². The highest BCUT2D eigenvalue weighted by molar-refractivity contribution is 5.84. The van der Waals surface area contributed by atoms with Crippen LogP contribution >= 0.6 is 0 Å². The van der Waals surface area contributed by atoms with Crippen molar-refractivity contribution in [3.63, 3.8) is 0 Å². The highest BCUT2D eigenvalue weighted by Crippen LogP contribution is 2.34. The third kappa shape index (κ3) is 5.55. The molecule has 194 valence electrons. The Morgan fingerprint density at radius 1 is 1.11 bits per heavy atom. The van der Waals surface area contributed by atoms with Gasteiger partial charge >= 0.3 is 5.92 Å². The van der Waals surface area contributed by atoms with Crippen LogP contribution in [0, 0.1) is 12.8 Å². The first-order valence-corrected chi connectivity index (χ1v) is 12.0. The van der Waals surface area contributed by atoms with Crippen LogP contribution in [0.2, 0.25) is 0 Å². The molecule has 7 nitrogen and oxygen atoms in total. The molecule has 0 bridgehead atoms. The van der Waals surface area contributed by atoms with E-state index in [9.17, 15) is 18.4 Å². The first kappa shape index (κ1) is 26.1. The van der Waals surface area contributed by atoms with Crippen LogP contribution in [-0.4, -0.2) is 32.2 Å². The molecular weight excluding hydrogens is 478 g/mol. The Hall–Kier alpha value is -4.01.